The molecule has 28 heavy (non-hydrogen) atoms. The Morgan fingerprint density at radius 3 is 2.75 bits per heavy atom. The molecule has 0 spiro atoms. The lowest BCUT2D eigenvalue weighted by atomic mass is 10.1. The van der Waals surface area contributed by atoms with Crippen LogP contribution < -0.4 is 10.9 Å². The van der Waals surface area contributed by atoms with Crippen molar-refractivity contribution in [1.82, 2.24) is 20.0 Å². The molecule has 3 rings (SSSR count). The lowest BCUT2D eigenvalue weighted by Crippen LogP contribution is -2.30. The van der Waals surface area contributed by atoms with E-state index in [1.165, 1.54) is 18.4 Å². The van der Waals surface area contributed by atoms with Crippen molar-refractivity contribution in [2.75, 3.05) is 12.4 Å². The van der Waals surface area contributed by atoms with Gasteiger partial charge >= 0.3 is 5.97 Å². The third-order valence-electron chi connectivity index (χ3n) is 3.84. The molecule has 0 atom stereocenters. The maximum absolute atomic E-state index is 12.4. The van der Waals surface area contributed by atoms with E-state index in [1.54, 1.807) is 24.3 Å². The zero-order valence-corrected chi connectivity index (χ0v) is 16.4. The molecule has 0 bridgehead atoms. The molecule has 2 aromatic heterocycles. The third-order valence-corrected chi connectivity index (χ3v) is 4.83. The predicted octanol–water partition coefficient (Wildman–Crippen LogP) is 1.87. The lowest BCUT2D eigenvalue weighted by Gasteiger charge is -2.04. The number of amides is 1. The second-order valence-electron chi connectivity index (χ2n) is 6.50. The Morgan fingerprint density at radius 1 is 1.29 bits per heavy atom. The summed E-state index contributed by atoms with van der Waals surface area (Å²) in [4.78, 5) is 41.6. The summed E-state index contributed by atoms with van der Waals surface area (Å²) in [7, 11) is 1.28. The normalized spacial score (nSPS) is 11.0. The maximum atomic E-state index is 12.4. The second kappa shape index (κ2) is 8.26. The highest BCUT2D eigenvalue weighted by Gasteiger charge is 2.21. The third kappa shape index (κ3) is 4.22. The van der Waals surface area contributed by atoms with Crippen LogP contribution in [0.5, 0.6) is 0 Å². The summed E-state index contributed by atoms with van der Waals surface area (Å²) in [6.45, 7) is 3.72. The van der Waals surface area contributed by atoms with Crippen LogP contribution in [0.3, 0.4) is 0 Å². The van der Waals surface area contributed by atoms with Gasteiger partial charge in [-0.1, -0.05) is 31.2 Å². The summed E-state index contributed by atoms with van der Waals surface area (Å²) in [6, 6.07) is 6.77. The average Bonchev–Trinajstić information content (AvgIpc) is 3.04. The molecule has 0 aliphatic carbocycles. The maximum Gasteiger partial charge on any atom is 0.357 e. The number of aromatic nitrogens is 4. The van der Waals surface area contributed by atoms with Crippen molar-refractivity contribution in [3.05, 3.63) is 45.2 Å². The summed E-state index contributed by atoms with van der Waals surface area (Å²) < 4.78 is 5.75. The van der Waals surface area contributed by atoms with Gasteiger partial charge in [-0.05, 0) is 24.5 Å². The number of carbonyl (C=O) groups is 2. The van der Waals surface area contributed by atoms with Crippen LogP contribution in [0.25, 0.3) is 10.9 Å². The summed E-state index contributed by atoms with van der Waals surface area (Å²) in [5, 5.41) is 11.0. The Balaban J connectivity index is 1.80. The topological polar surface area (TPSA) is 116 Å². The van der Waals surface area contributed by atoms with Gasteiger partial charge in [-0.25, -0.2) is 14.5 Å². The van der Waals surface area contributed by atoms with E-state index >= 15 is 0 Å². The van der Waals surface area contributed by atoms with Gasteiger partial charge in [0.05, 0.1) is 12.5 Å². The predicted molar refractivity (Wildman–Crippen MR) is 104 cm³/mol. The van der Waals surface area contributed by atoms with Crippen LogP contribution in [-0.2, 0) is 22.5 Å². The first kappa shape index (κ1) is 19.6. The molecule has 0 aliphatic rings. The summed E-state index contributed by atoms with van der Waals surface area (Å²) in [6.07, 6.45) is 0.633. The van der Waals surface area contributed by atoms with Gasteiger partial charge in [0.2, 0.25) is 5.91 Å². The zero-order valence-electron chi connectivity index (χ0n) is 15.6. The van der Waals surface area contributed by atoms with Crippen LogP contribution in [0.1, 0.15) is 29.2 Å². The van der Waals surface area contributed by atoms with E-state index in [9.17, 15) is 14.4 Å². The molecule has 1 amide bonds. The Morgan fingerprint density at radius 2 is 2.04 bits per heavy atom. The first-order valence-electron chi connectivity index (χ1n) is 8.59. The van der Waals surface area contributed by atoms with Crippen molar-refractivity contribution in [3.8, 4) is 0 Å². The molecule has 146 valence electrons. The molecule has 0 unspecified atom stereocenters. The monoisotopic (exact) mass is 401 g/mol. The van der Waals surface area contributed by atoms with Crippen molar-refractivity contribution in [3.63, 3.8) is 0 Å². The minimum atomic E-state index is -0.552. The average molecular weight is 401 g/mol. The highest BCUT2D eigenvalue weighted by Crippen LogP contribution is 2.26. The van der Waals surface area contributed by atoms with Crippen LogP contribution >= 0.6 is 11.3 Å². The summed E-state index contributed by atoms with van der Waals surface area (Å²) in [5.41, 5.74) is 0.250. The molecule has 0 fully saturated rings. The van der Waals surface area contributed by atoms with Crippen LogP contribution in [0, 0.1) is 5.92 Å². The summed E-state index contributed by atoms with van der Waals surface area (Å²) in [5.74, 6) is -0.740. The summed E-state index contributed by atoms with van der Waals surface area (Å²) >= 11 is 1.21. The fourth-order valence-corrected chi connectivity index (χ4v) is 3.77. The van der Waals surface area contributed by atoms with E-state index in [-0.39, 0.29) is 17.4 Å². The number of benzene rings is 1. The van der Waals surface area contributed by atoms with Gasteiger partial charge in [-0.15, -0.1) is 16.4 Å². The molecule has 10 heteroatoms. The molecule has 0 saturated heterocycles. The highest BCUT2D eigenvalue weighted by atomic mass is 32.1. The molecular formula is C18H19N5O4S. The number of nitrogens with zero attached hydrogens (tertiary/aromatic N) is 4. The van der Waals surface area contributed by atoms with Crippen LogP contribution in [0.4, 0.5) is 5.13 Å². The van der Waals surface area contributed by atoms with Gasteiger partial charge in [0.1, 0.15) is 12.1 Å². The van der Waals surface area contributed by atoms with Gasteiger partial charge < -0.3 is 10.1 Å². The molecule has 3 aromatic rings. The number of esters is 1. The van der Waals surface area contributed by atoms with E-state index in [1.807, 2.05) is 13.8 Å². The smallest absolute Gasteiger partial charge is 0.357 e. The second-order valence-corrected chi connectivity index (χ2v) is 7.58. The Kier molecular flexibility index (Phi) is 5.78. The number of hydrogen-bond donors (Lipinski definition) is 1. The van der Waals surface area contributed by atoms with Gasteiger partial charge in [-0.3, -0.25) is 9.59 Å². The van der Waals surface area contributed by atoms with Crippen molar-refractivity contribution < 1.29 is 14.3 Å². The van der Waals surface area contributed by atoms with Gasteiger partial charge in [0, 0.05) is 4.88 Å². The largest absolute Gasteiger partial charge is 0.464 e. The van der Waals surface area contributed by atoms with Crippen LogP contribution in [-0.4, -0.2) is 39.0 Å². The standard InChI is InChI=1S/C18H19N5O4S/c1-10(2)8-13-15(17(26)27-3)20-18(28-13)19-14(24)9-23-16(25)11-6-4-5-7-12(11)21-22-23/h4-7,10H,8-9H2,1-3H3,(H,19,20,24). The first-order chi connectivity index (χ1) is 13.4. The van der Waals surface area contributed by atoms with E-state index in [4.69, 9.17) is 4.74 Å². The number of rotatable bonds is 6. The van der Waals surface area contributed by atoms with Gasteiger partial charge in [0.15, 0.2) is 10.8 Å². The fourth-order valence-electron chi connectivity index (χ4n) is 2.59. The number of ether oxygens (including phenoxy) is 1. The minimum Gasteiger partial charge on any atom is -0.464 e. The Bertz CT molecular complexity index is 1090. The molecule has 0 aliphatic heterocycles. The first-order valence-corrected chi connectivity index (χ1v) is 9.41. The zero-order chi connectivity index (χ0) is 20.3. The SMILES string of the molecule is COC(=O)c1nc(NC(=O)Cn2nnc3ccccc3c2=O)sc1CC(C)C. The number of carbonyl (C=O) groups excluding carboxylic acids is 2. The van der Waals surface area contributed by atoms with Crippen molar-refractivity contribution >= 4 is 39.2 Å². The number of anilines is 1. The quantitative estimate of drug-likeness (QED) is 0.627. The molecule has 1 N–H and O–H groups in total. The molecule has 2 heterocycles. The van der Waals surface area contributed by atoms with Crippen molar-refractivity contribution in [2.24, 2.45) is 5.92 Å². The van der Waals surface area contributed by atoms with Crippen LogP contribution in [0.2, 0.25) is 0 Å². The van der Waals surface area contributed by atoms with Crippen LogP contribution in [0.15, 0.2) is 29.1 Å². The Hall–Kier alpha value is -3.14. The molecule has 1 aromatic carbocycles. The molecule has 0 saturated carbocycles. The number of fused-ring (bicyclic) bond motifs is 1. The van der Waals surface area contributed by atoms with E-state index in [2.05, 4.69) is 20.6 Å². The van der Waals surface area contributed by atoms with E-state index in [0.29, 0.717) is 23.2 Å². The number of methoxy groups -OCH3 is 1. The van der Waals surface area contributed by atoms with Crippen molar-refractivity contribution in [2.45, 2.75) is 26.8 Å². The minimum absolute atomic E-state index is 0.194. The van der Waals surface area contributed by atoms with Crippen molar-refractivity contribution in [1.29, 1.82) is 0 Å². The van der Waals surface area contributed by atoms with Gasteiger partial charge in [0.25, 0.3) is 5.56 Å². The Labute approximate surface area is 164 Å². The van der Waals surface area contributed by atoms with E-state index < -0.39 is 17.4 Å². The molecule has 0 radical (unpaired) electrons. The fraction of sp³-hybridized carbons (Fsp3) is 0.333. The molecule has 9 nitrogen and oxygen atoms in total. The number of nitrogens with one attached hydrogen (secondary N) is 1. The van der Waals surface area contributed by atoms with E-state index in [0.717, 1.165) is 9.56 Å². The number of thiazole rings is 1. The lowest BCUT2D eigenvalue weighted by molar-refractivity contribution is -0.117. The van der Waals surface area contributed by atoms with Gasteiger partial charge in [-0.2, -0.15) is 0 Å². The number of hydrogen-bond acceptors (Lipinski definition) is 8. The highest BCUT2D eigenvalue weighted by molar-refractivity contribution is 7.16. The molecular weight excluding hydrogens is 382 g/mol.